The molecule has 0 aliphatic carbocycles. The Morgan fingerprint density at radius 1 is 0.638 bits per heavy atom. The molecule has 0 atom stereocenters. The first-order valence-electron chi connectivity index (χ1n) is 14.4. The van der Waals surface area contributed by atoms with Crippen LogP contribution in [0.1, 0.15) is 12.0 Å². The zero-order valence-electron chi connectivity index (χ0n) is 26.1. The fourth-order valence-corrected chi connectivity index (χ4v) is 4.11. The number of amides is 1. The number of carbonyl (C=O) groups is 1. The Bertz CT molecular complexity index is 1420. The van der Waals surface area contributed by atoms with Gasteiger partial charge in [-0.3, -0.25) is 24.8 Å². The van der Waals surface area contributed by atoms with Gasteiger partial charge in [-0.1, -0.05) is 12.1 Å². The van der Waals surface area contributed by atoms with E-state index in [4.69, 9.17) is 64.8 Å². The third kappa shape index (κ3) is 14.5. The summed E-state index contributed by atoms with van der Waals surface area (Å²) < 4.78 is 24.5. The van der Waals surface area contributed by atoms with E-state index in [0.717, 1.165) is 0 Å². The second-order valence-corrected chi connectivity index (χ2v) is 9.92. The van der Waals surface area contributed by atoms with Gasteiger partial charge >= 0.3 is 0 Å². The standard InChI is InChI=1S/C28H45N13O5S/c29-25(30)37-5-9-43-20-3-1-2-18(23(20)45-11-7-39-27(33)34)19-14-17(16-41-22(42)4-13-47)15-21(44-10-6-38-26(31)32)24(19)46-12-8-40-28(35)36/h1-3,14-15,47H,4-13,16H2,(H,41,42)(H4,29,30,37)(H4,31,32,38)(H4,33,34,39)(H4,35,36,40). The Kier molecular flexibility index (Phi) is 16.5. The summed E-state index contributed by atoms with van der Waals surface area (Å²) in [6.07, 6.45) is 0.247. The van der Waals surface area contributed by atoms with E-state index >= 15 is 0 Å². The maximum absolute atomic E-state index is 12.3. The highest BCUT2D eigenvalue weighted by Gasteiger charge is 2.22. The molecule has 19 heteroatoms. The molecule has 47 heavy (non-hydrogen) atoms. The minimum atomic E-state index is -0.172. The van der Waals surface area contributed by atoms with Gasteiger partial charge in [-0.25, -0.2) is 0 Å². The highest BCUT2D eigenvalue weighted by molar-refractivity contribution is 7.80. The molecular weight excluding hydrogens is 630 g/mol. The van der Waals surface area contributed by atoms with Gasteiger partial charge in [-0.15, -0.1) is 0 Å². The van der Waals surface area contributed by atoms with Gasteiger partial charge in [0.05, 0.1) is 26.2 Å². The van der Waals surface area contributed by atoms with E-state index in [1.165, 1.54) is 0 Å². The number of hydrogen-bond donors (Lipinski definition) is 10. The van der Waals surface area contributed by atoms with Crippen molar-refractivity contribution in [2.24, 2.45) is 65.8 Å². The number of guanidine groups is 4. The number of thiol groups is 1. The number of aliphatic imine (C=N–C) groups is 4. The molecule has 0 heterocycles. The normalized spacial score (nSPS) is 10.2. The van der Waals surface area contributed by atoms with Crippen molar-refractivity contribution in [2.75, 3.05) is 58.4 Å². The van der Waals surface area contributed by atoms with Crippen LogP contribution in [0.15, 0.2) is 50.3 Å². The van der Waals surface area contributed by atoms with Gasteiger partial charge in [-0.05, 0) is 29.5 Å². The minimum Gasteiger partial charge on any atom is -0.488 e. The summed E-state index contributed by atoms with van der Waals surface area (Å²) in [7, 11) is 0. The predicted octanol–water partition coefficient (Wildman–Crippen LogP) is -2.10. The summed E-state index contributed by atoms with van der Waals surface area (Å²) in [6.45, 7) is 1.31. The minimum absolute atomic E-state index is 0.0655. The van der Waals surface area contributed by atoms with Crippen LogP contribution < -0.4 is 70.1 Å². The van der Waals surface area contributed by atoms with Crippen LogP contribution in [-0.4, -0.2) is 88.1 Å². The molecule has 0 aliphatic rings. The average molecular weight is 676 g/mol. The number of carbonyl (C=O) groups excluding carboxylic acids is 1. The van der Waals surface area contributed by atoms with Gasteiger partial charge in [0, 0.05) is 24.1 Å². The molecule has 0 unspecified atom stereocenters. The summed E-state index contributed by atoms with van der Waals surface area (Å²) >= 11 is 4.14. The molecule has 0 fully saturated rings. The van der Waals surface area contributed by atoms with Gasteiger partial charge in [0.15, 0.2) is 46.8 Å². The molecule has 2 rings (SSSR count). The van der Waals surface area contributed by atoms with Crippen LogP contribution in [0.4, 0.5) is 0 Å². The number of nitrogens with two attached hydrogens (primary N) is 8. The Balaban J connectivity index is 2.72. The molecule has 0 bridgehead atoms. The zero-order valence-corrected chi connectivity index (χ0v) is 27.0. The number of ether oxygens (including phenoxy) is 4. The number of nitrogens with zero attached hydrogens (tertiary/aromatic N) is 4. The van der Waals surface area contributed by atoms with Crippen LogP contribution in [0.2, 0.25) is 0 Å². The topological polar surface area (TPSA) is 324 Å². The number of nitrogens with one attached hydrogen (secondary N) is 1. The van der Waals surface area contributed by atoms with Crippen molar-refractivity contribution in [3.8, 4) is 34.1 Å². The molecule has 0 spiro atoms. The average Bonchev–Trinajstić information content (AvgIpc) is 3.01. The van der Waals surface area contributed by atoms with Crippen molar-refractivity contribution in [1.29, 1.82) is 0 Å². The quantitative estimate of drug-likeness (QED) is 0.0294. The second kappa shape index (κ2) is 20.5. The molecule has 2 aromatic rings. The Labute approximate surface area is 278 Å². The third-order valence-electron chi connectivity index (χ3n) is 5.76. The first kappa shape index (κ1) is 37.7. The van der Waals surface area contributed by atoms with E-state index in [1.807, 2.05) is 12.1 Å². The summed E-state index contributed by atoms with van der Waals surface area (Å²) in [6, 6.07) is 8.88. The third-order valence-corrected chi connectivity index (χ3v) is 5.99. The lowest BCUT2D eigenvalue weighted by atomic mass is 9.99. The van der Waals surface area contributed by atoms with Gasteiger partial charge in [-0.2, -0.15) is 12.6 Å². The van der Waals surface area contributed by atoms with E-state index in [-0.39, 0.29) is 95.3 Å². The van der Waals surface area contributed by atoms with E-state index < -0.39 is 0 Å². The molecule has 17 N–H and O–H groups in total. The molecule has 2 aromatic carbocycles. The molecule has 0 saturated carbocycles. The highest BCUT2D eigenvalue weighted by Crippen LogP contribution is 2.46. The van der Waals surface area contributed by atoms with Gasteiger partial charge in [0.2, 0.25) is 5.91 Å². The number of hydrogen-bond acceptors (Lipinski definition) is 10. The summed E-state index contributed by atoms with van der Waals surface area (Å²) in [4.78, 5) is 28.3. The summed E-state index contributed by atoms with van der Waals surface area (Å²) in [5, 5.41) is 2.88. The molecule has 0 radical (unpaired) electrons. The highest BCUT2D eigenvalue weighted by atomic mass is 32.1. The maximum Gasteiger partial charge on any atom is 0.221 e. The fourth-order valence-electron chi connectivity index (χ4n) is 3.90. The van der Waals surface area contributed by atoms with Crippen LogP contribution >= 0.6 is 12.6 Å². The van der Waals surface area contributed by atoms with Crippen molar-refractivity contribution >= 4 is 42.4 Å². The number of para-hydroxylation sites is 1. The summed E-state index contributed by atoms with van der Waals surface area (Å²) in [5.41, 5.74) is 45.7. The lowest BCUT2D eigenvalue weighted by Gasteiger charge is -2.21. The lowest BCUT2D eigenvalue weighted by molar-refractivity contribution is -0.120. The van der Waals surface area contributed by atoms with Gasteiger partial charge in [0.1, 0.15) is 26.4 Å². The molecule has 1 amide bonds. The number of benzene rings is 2. The lowest BCUT2D eigenvalue weighted by Crippen LogP contribution is -2.24. The van der Waals surface area contributed by atoms with Crippen molar-refractivity contribution in [1.82, 2.24) is 5.32 Å². The SMILES string of the molecule is NC(N)=NCCOc1cccc(-c2cc(CNC(=O)CCS)cc(OCCN=C(N)N)c2OCCN=C(N)N)c1OCCN=C(N)N. The van der Waals surface area contributed by atoms with Crippen LogP contribution in [0, 0.1) is 0 Å². The van der Waals surface area contributed by atoms with Gasteiger partial charge in [0.25, 0.3) is 0 Å². The molecule has 258 valence electrons. The molecule has 0 saturated heterocycles. The Hall–Kier alpha value is -5.46. The van der Waals surface area contributed by atoms with Crippen LogP contribution in [0.3, 0.4) is 0 Å². The molecular formula is C28H45N13O5S. The van der Waals surface area contributed by atoms with Crippen molar-refractivity contribution < 1.29 is 23.7 Å². The molecule has 0 aromatic heterocycles. The molecule has 0 aliphatic heterocycles. The number of rotatable bonds is 21. The Morgan fingerprint density at radius 2 is 1.11 bits per heavy atom. The van der Waals surface area contributed by atoms with Crippen LogP contribution in [0.25, 0.3) is 11.1 Å². The van der Waals surface area contributed by atoms with E-state index in [0.29, 0.717) is 45.4 Å². The van der Waals surface area contributed by atoms with Crippen molar-refractivity contribution in [3.63, 3.8) is 0 Å². The molecule has 18 nitrogen and oxygen atoms in total. The summed E-state index contributed by atoms with van der Waals surface area (Å²) in [5.74, 6) is 1.31. The van der Waals surface area contributed by atoms with Crippen molar-refractivity contribution in [2.45, 2.75) is 13.0 Å². The van der Waals surface area contributed by atoms with E-state index in [1.54, 1.807) is 18.2 Å². The van der Waals surface area contributed by atoms with E-state index in [9.17, 15) is 4.79 Å². The van der Waals surface area contributed by atoms with Crippen LogP contribution in [-0.2, 0) is 11.3 Å². The second-order valence-electron chi connectivity index (χ2n) is 9.47. The smallest absolute Gasteiger partial charge is 0.221 e. The monoisotopic (exact) mass is 675 g/mol. The van der Waals surface area contributed by atoms with E-state index in [2.05, 4.69) is 37.9 Å². The van der Waals surface area contributed by atoms with Crippen molar-refractivity contribution in [3.05, 3.63) is 35.9 Å². The first-order valence-corrected chi connectivity index (χ1v) is 15.1. The van der Waals surface area contributed by atoms with Crippen LogP contribution in [0.5, 0.6) is 23.0 Å². The maximum atomic E-state index is 12.3. The fraction of sp³-hybridized carbons (Fsp3) is 0.393. The van der Waals surface area contributed by atoms with Gasteiger partial charge < -0.3 is 70.1 Å². The zero-order chi connectivity index (χ0) is 34.6. The largest absolute Gasteiger partial charge is 0.488 e. The Morgan fingerprint density at radius 3 is 1.60 bits per heavy atom. The predicted molar refractivity (Wildman–Crippen MR) is 187 cm³/mol. The first-order chi connectivity index (χ1) is 22.5.